The van der Waals surface area contributed by atoms with Gasteiger partial charge in [-0.15, -0.1) is 0 Å². The number of hydrogen-bond donors (Lipinski definition) is 2. The molecule has 4 nitrogen and oxygen atoms in total. The predicted molar refractivity (Wildman–Crippen MR) is 70.6 cm³/mol. The number of rotatable bonds is 4. The lowest BCUT2D eigenvalue weighted by Gasteiger charge is -2.23. The van der Waals surface area contributed by atoms with Crippen LogP contribution in [-0.2, 0) is 11.2 Å². The smallest absolute Gasteiger partial charge is 0.224 e. The Bertz CT molecular complexity index is 417. The third kappa shape index (κ3) is 2.77. The molecule has 0 aromatic heterocycles. The molecule has 1 aliphatic rings. The standard InChI is InChI=1S/C13H19N3O/c1-14-7-8-16(2)11-4-5-12-10(9-11)3-6-13(17)15-12/h4-5,9,14H,3,6-8H2,1-2H3,(H,15,17). The van der Waals surface area contributed by atoms with Crippen LogP contribution in [0, 0.1) is 0 Å². The maximum atomic E-state index is 11.3. The molecule has 0 saturated heterocycles. The number of hydrogen-bond acceptors (Lipinski definition) is 3. The molecule has 2 rings (SSSR count). The average molecular weight is 233 g/mol. The molecule has 1 aliphatic heterocycles. The van der Waals surface area contributed by atoms with Crippen molar-refractivity contribution in [1.29, 1.82) is 0 Å². The molecule has 0 atom stereocenters. The normalized spacial score (nSPS) is 14.1. The van der Waals surface area contributed by atoms with Crippen LogP contribution >= 0.6 is 0 Å². The molecule has 1 heterocycles. The number of fused-ring (bicyclic) bond motifs is 1. The van der Waals surface area contributed by atoms with Gasteiger partial charge in [0.05, 0.1) is 0 Å². The topological polar surface area (TPSA) is 44.4 Å². The summed E-state index contributed by atoms with van der Waals surface area (Å²) in [5.74, 6) is 0.119. The zero-order valence-corrected chi connectivity index (χ0v) is 10.4. The van der Waals surface area contributed by atoms with Crippen LogP contribution in [0.25, 0.3) is 0 Å². The Morgan fingerprint density at radius 1 is 1.41 bits per heavy atom. The fourth-order valence-electron chi connectivity index (χ4n) is 2.02. The van der Waals surface area contributed by atoms with E-state index >= 15 is 0 Å². The molecule has 4 heteroatoms. The van der Waals surface area contributed by atoms with E-state index in [4.69, 9.17) is 0 Å². The molecule has 0 bridgehead atoms. The van der Waals surface area contributed by atoms with Crippen molar-refractivity contribution >= 4 is 17.3 Å². The maximum Gasteiger partial charge on any atom is 0.224 e. The van der Waals surface area contributed by atoms with Crippen LogP contribution in [0.2, 0.25) is 0 Å². The van der Waals surface area contributed by atoms with Gasteiger partial charge in [-0.3, -0.25) is 4.79 Å². The molecular weight excluding hydrogens is 214 g/mol. The Balaban J connectivity index is 2.13. The molecule has 92 valence electrons. The van der Waals surface area contributed by atoms with Gasteiger partial charge in [-0.2, -0.15) is 0 Å². The van der Waals surface area contributed by atoms with Gasteiger partial charge in [0, 0.05) is 37.9 Å². The number of likely N-dealkylation sites (N-methyl/N-ethyl adjacent to an activating group) is 2. The van der Waals surface area contributed by atoms with Crippen molar-refractivity contribution in [3.63, 3.8) is 0 Å². The summed E-state index contributed by atoms with van der Waals surface area (Å²) in [6.07, 6.45) is 1.44. The molecule has 1 aromatic carbocycles. The highest BCUT2D eigenvalue weighted by molar-refractivity contribution is 5.94. The first-order valence-corrected chi connectivity index (χ1v) is 5.99. The number of amides is 1. The summed E-state index contributed by atoms with van der Waals surface area (Å²) in [7, 11) is 4.04. The minimum atomic E-state index is 0.119. The van der Waals surface area contributed by atoms with Crippen LogP contribution in [0.1, 0.15) is 12.0 Å². The second-order valence-electron chi connectivity index (χ2n) is 4.41. The van der Waals surface area contributed by atoms with Crippen LogP contribution in [0.4, 0.5) is 11.4 Å². The first-order chi connectivity index (χ1) is 8.20. The Labute approximate surface area is 102 Å². The molecule has 2 N–H and O–H groups in total. The monoisotopic (exact) mass is 233 g/mol. The van der Waals surface area contributed by atoms with Crippen molar-refractivity contribution in [2.45, 2.75) is 12.8 Å². The third-order valence-corrected chi connectivity index (χ3v) is 3.12. The van der Waals surface area contributed by atoms with Gasteiger partial charge >= 0.3 is 0 Å². The van der Waals surface area contributed by atoms with Gasteiger partial charge in [0.1, 0.15) is 0 Å². The molecule has 0 saturated carbocycles. The summed E-state index contributed by atoms with van der Waals surface area (Å²) < 4.78 is 0. The van der Waals surface area contributed by atoms with E-state index < -0.39 is 0 Å². The quantitative estimate of drug-likeness (QED) is 0.822. The van der Waals surface area contributed by atoms with Crippen molar-refractivity contribution in [2.75, 3.05) is 37.4 Å². The largest absolute Gasteiger partial charge is 0.373 e. The molecule has 0 radical (unpaired) electrons. The highest BCUT2D eigenvalue weighted by atomic mass is 16.1. The SMILES string of the molecule is CNCCN(C)c1ccc2c(c1)CCC(=O)N2. The zero-order chi connectivity index (χ0) is 12.3. The minimum absolute atomic E-state index is 0.119. The van der Waals surface area contributed by atoms with Gasteiger partial charge in [0.2, 0.25) is 5.91 Å². The van der Waals surface area contributed by atoms with Gasteiger partial charge in [-0.25, -0.2) is 0 Å². The molecular formula is C13H19N3O. The summed E-state index contributed by atoms with van der Waals surface area (Å²) in [5, 5.41) is 6.04. The Morgan fingerprint density at radius 3 is 3.00 bits per heavy atom. The summed E-state index contributed by atoms with van der Waals surface area (Å²) in [5.41, 5.74) is 3.40. The average Bonchev–Trinajstić information content (AvgIpc) is 2.35. The lowest BCUT2D eigenvalue weighted by Crippen LogP contribution is -2.27. The molecule has 0 aliphatic carbocycles. The first-order valence-electron chi connectivity index (χ1n) is 5.99. The van der Waals surface area contributed by atoms with Crippen molar-refractivity contribution in [2.24, 2.45) is 0 Å². The number of benzene rings is 1. The van der Waals surface area contributed by atoms with Crippen LogP contribution in [0.3, 0.4) is 0 Å². The number of nitrogens with zero attached hydrogens (tertiary/aromatic N) is 1. The van der Waals surface area contributed by atoms with Crippen LogP contribution in [-0.4, -0.2) is 33.1 Å². The molecule has 0 fully saturated rings. The van der Waals surface area contributed by atoms with E-state index in [-0.39, 0.29) is 5.91 Å². The zero-order valence-electron chi connectivity index (χ0n) is 10.4. The Kier molecular flexibility index (Phi) is 3.64. The summed E-state index contributed by atoms with van der Waals surface area (Å²) in [4.78, 5) is 13.5. The van der Waals surface area contributed by atoms with Crippen molar-refractivity contribution in [3.8, 4) is 0 Å². The fraction of sp³-hybridized carbons (Fsp3) is 0.462. The number of anilines is 2. The van der Waals surface area contributed by atoms with E-state index in [0.717, 1.165) is 25.2 Å². The van der Waals surface area contributed by atoms with Gasteiger partial charge < -0.3 is 15.5 Å². The second-order valence-corrected chi connectivity index (χ2v) is 4.41. The highest BCUT2D eigenvalue weighted by Gasteiger charge is 2.15. The van der Waals surface area contributed by atoms with Crippen LogP contribution in [0.5, 0.6) is 0 Å². The second kappa shape index (κ2) is 5.19. The molecule has 0 spiro atoms. The number of nitrogens with one attached hydrogen (secondary N) is 2. The van der Waals surface area contributed by atoms with E-state index in [2.05, 4.69) is 34.7 Å². The maximum absolute atomic E-state index is 11.3. The van der Waals surface area contributed by atoms with Crippen molar-refractivity contribution < 1.29 is 4.79 Å². The predicted octanol–water partition coefficient (Wildman–Crippen LogP) is 1.23. The lowest BCUT2D eigenvalue weighted by atomic mass is 10.0. The molecule has 0 unspecified atom stereocenters. The Morgan fingerprint density at radius 2 is 2.24 bits per heavy atom. The van der Waals surface area contributed by atoms with E-state index in [9.17, 15) is 4.79 Å². The number of aryl methyl sites for hydroxylation is 1. The van der Waals surface area contributed by atoms with Gasteiger partial charge in [0.25, 0.3) is 0 Å². The van der Waals surface area contributed by atoms with E-state index in [1.54, 1.807) is 0 Å². The summed E-state index contributed by atoms with van der Waals surface area (Å²) >= 11 is 0. The molecule has 1 amide bonds. The lowest BCUT2D eigenvalue weighted by molar-refractivity contribution is -0.116. The minimum Gasteiger partial charge on any atom is -0.373 e. The van der Waals surface area contributed by atoms with E-state index in [1.807, 2.05) is 13.1 Å². The van der Waals surface area contributed by atoms with Gasteiger partial charge in [-0.1, -0.05) is 0 Å². The van der Waals surface area contributed by atoms with E-state index in [0.29, 0.717) is 6.42 Å². The van der Waals surface area contributed by atoms with Gasteiger partial charge in [0.15, 0.2) is 0 Å². The van der Waals surface area contributed by atoms with Crippen molar-refractivity contribution in [1.82, 2.24) is 5.32 Å². The van der Waals surface area contributed by atoms with Crippen LogP contribution < -0.4 is 15.5 Å². The summed E-state index contributed by atoms with van der Waals surface area (Å²) in [6, 6.07) is 6.22. The van der Waals surface area contributed by atoms with Crippen LogP contribution in [0.15, 0.2) is 18.2 Å². The van der Waals surface area contributed by atoms with E-state index in [1.165, 1.54) is 11.3 Å². The highest BCUT2D eigenvalue weighted by Crippen LogP contribution is 2.26. The van der Waals surface area contributed by atoms with Crippen molar-refractivity contribution in [3.05, 3.63) is 23.8 Å². The Hall–Kier alpha value is -1.55. The molecule has 1 aromatic rings. The first kappa shape index (κ1) is 11.9. The molecule has 17 heavy (non-hydrogen) atoms. The summed E-state index contributed by atoms with van der Waals surface area (Å²) in [6.45, 7) is 1.94. The van der Waals surface area contributed by atoms with Gasteiger partial charge in [-0.05, 0) is 37.2 Å². The third-order valence-electron chi connectivity index (χ3n) is 3.12. The number of carbonyl (C=O) groups excluding carboxylic acids is 1. The fourth-order valence-corrected chi connectivity index (χ4v) is 2.02. The number of carbonyl (C=O) groups is 1.